The first kappa shape index (κ1) is 17.4. The van der Waals surface area contributed by atoms with Crippen LogP contribution >= 0.6 is 34.5 Å². The van der Waals surface area contributed by atoms with Gasteiger partial charge in [-0.05, 0) is 35.2 Å². The third-order valence-corrected chi connectivity index (χ3v) is 6.37. The maximum absolute atomic E-state index is 12.5. The van der Waals surface area contributed by atoms with Crippen molar-refractivity contribution < 1.29 is 8.42 Å². The molecule has 0 fully saturated rings. The molecule has 0 amide bonds. The van der Waals surface area contributed by atoms with Crippen LogP contribution in [0.15, 0.2) is 58.3 Å². The summed E-state index contributed by atoms with van der Waals surface area (Å²) in [5.74, 6) is 0. The molecule has 124 valence electrons. The highest BCUT2D eigenvalue weighted by Crippen LogP contribution is 2.29. The number of nitrogens with zero attached hydrogens (tertiary/aromatic N) is 1. The number of aromatic nitrogens is 1. The minimum Gasteiger partial charge on any atom is -0.256 e. The van der Waals surface area contributed by atoms with E-state index >= 15 is 0 Å². The third-order valence-electron chi connectivity index (χ3n) is 3.33. The van der Waals surface area contributed by atoms with E-state index in [1.807, 2.05) is 22.9 Å². The normalized spacial score (nSPS) is 11.6. The molecule has 1 aromatic carbocycles. The SMILES string of the molecule is O=S(=O)(NCc1cccnc1-c1ccsc1)c1c(Cl)cccc1Cl. The Hall–Kier alpha value is -1.44. The van der Waals surface area contributed by atoms with Crippen LogP contribution in [0.4, 0.5) is 0 Å². The van der Waals surface area contributed by atoms with E-state index in [1.165, 1.54) is 12.1 Å². The van der Waals surface area contributed by atoms with Crippen LogP contribution in [-0.2, 0) is 16.6 Å². The highest BCUT2D eigenvalue weighted by atomic mass is 35.5. The molecular weight excluding hydrogens is 387 g/mol. The molecule has 0 atom stereocenters. The highest BCUT2D eigenvalue weighted by molar-refractivity contribution is 7.89. The number of halogens is 2. The van der Waals surface area contributed by atoms with Gasteiger partial charge in [0.05, 0.1) is 15.7 Å². The first-order valence-corrected chi connectivity index (χ1v) is 10.1. The van der Waals surface area contributed by atoms with Gasteiger partial charge in [0.25, 0.3) is 0 Å². The Bertz CT molecular complexity index is 938. The van der Waals surface area contributed by atoms with Gasteiger partial charge in [0.1, 0.15) is 4.90 Å². The average molecular weight is 399 g/mol. The minimum atomic E-state index is -3.84. The molecule has 3 aromatic rings. The van der Waals surface area contributed by atoms with Gasteiger partial charge in [-0.1, -0.05) is 35.3 Å². The fourth-order valence-electron chi connectivity index (χ4n) is 2.22. The Balaban J connectivity index is 1.89. The Morgan fingerprint density at radius 1 is 1.08 bits per heavy atom. The van der Waals surface area contributed by atoms with Gasteiger partial charge in [-0.25, -0.2) is 13.1 Å². The van der Waals surface area contributed by atoms with Crippen LogP contribution < -0.4 is 4.72 Å². The largest absolute Gasteiger partial charge is 0.256 e. The molecule has 0 radical (unpaired) electrons. The van der Waals surface area contributed by atoms with Crippen molar-refractivity contribution in [2.45, 2.75) is 11.4 Å². The summed E-state index contributed by atoms with van der Waals surface area (Å²) >= 11 is 13.5. The number of pyridine rings is 1. The Morgan fingerprint density at radius 3 is 2.50 bits per heavy atom. The van der Waals surface area contributed by atoms with Crippen molar-refractivity contribution in [2.75, 3.05) is 0 Å². The number of benzene rings is 1. The second-order valence-corrected chi connectivity index (χ2v) is 8.20. The number of nitrogens with one attached hydrogen (secondary N) is 1. The predicted octanol–water partition coefficient (Wildman–Crippen LogP) is 4.60. The van der Waals surface area contributed by atoms with Crippen LogP contribution in [0, 0.1) is 0 Å². The van der Waals surface area contributed by atoms with Crippen molar-refractivity contribution >= 4 is 44.6 Å². The fraction of sp³-hybridized carbons (Fsp3) is 0.0625. The third kappa shape index (κ3) is 3.63. The first-order valence-electron chi connectivity index (χ1n) is 6.89. The van der Waals surface area contributed by atoms with Crippen molar-refractivity contribution in [3.05, 3.63) is 69.0 Å². The molecule has 0 aliphatic heterocycles. The van der Waals surface area contributed by atoms with E-state index in [0.717, 1.165) is 16.8 Å². The smallest absolute Gasteiger partial charge is 0.243 e. The van der Waals surface area contributed by atoms with Crippen LogP contribution in [0.1, 0.15) is 5.56 Å². The number of sulfonamides is 1. The van der Waals surface area contributed by atoms with Crippen LogP contribution in [0.25, 0.3) is 11.3 Å². The summed E-state index contributed by atoms with van der Waals surface area (Å²) in [5, 5.41) is 4.07. The van der Waals surface area contributed by atoms with Gasteiger partial charge >= 0.3 is 0 Å². The van der Waals surface area contributed by atoms with Gasteiger partial charge in [0, 0.05) is 23.7 Å². The zero-order valence-electron chi connectivity index (χ0n) is 12.2. The van der Waals surface area contributed by atoms with Crippen LogP contribution in [-0.4, -0.2) is 13.4 Å². The van der Waals surface area contributed by atoms with E-state index in [-0.39, 0.29) is 21.5 Å². The second kappa shape index (κ2) is 7.21. The van der Waals surface area contributed by atoms with Crippen LogP contribution in [0.5, 0.6) is 0 Å². The molecule has 2 heterocycles. The molecule has 4 nitrogen and oxygen atoms in total. The highest BCUT2D eigenvalue weighted by Gasteiger charge is 2.21. The molecule has 0 saturated carbocycles. The molecule has 3 rings (SSSR count). The fourth-order valence-corrected chi connectivity index (χ4v) is 5.01. The summed E-state index contributed by atoms with van der Waals surface area (Å²) in [5.41, 5.74) is 2.46. The van der Waals surface area contributed by atoms with Crippen molar-refractivity contribution in [3.63, 3.8) is 0 Å². The summed E-state index contributed by atoms with van der Waals surface area (Å²) in [6.45, 7) is 0.0862. The van der Waals surface area contributed by atoms with Gasteiger partial charge < -0.3 is 0 Å². The van der Waals surface area contributed by atoms with Crippen LogP contribution in [0.2, 0.25) is 10.0 Å². The number of hydrogen-bond acceptors (Lipinski definition) is 4. The summed E-state index contributed by atoms with van der Waals surface area (Å²) in [6.07, 6.45) is 1.68. The van der Waals surface area contributed by atoms with E-state index in [0.29, 0.717) is 0 Å². The molecule has 0 saturated heterocycles. The summed E-state index contributed by atoms with van der Waals surface area (Å²) in [6, 6.07) is 10.1. The van der Waals surface area contributed by atoms with Crippen molar-refractivity contribution in [3.8, 4) is 11.3 Å². The van der Waals surface area contributed by atoms with E-state index < -0.39 is 10.0 Å². The Kier molecular flexibility index (Phi) is 5.22. The maximum Gasteiger partial charge on any atom is 0.243 e. The molecule has 0 aliphatic carbocycles. The molecule has 0 bridgehead atoms. The lowest BCUT2D eigenvalue weighted by atomic mass is 10.1. The monoisotopic (exact) mass is 398 g/mol. The minimum absolute atomic E-state index is 0.0826. The summed E-state index contributed by atoms with van der Waals surface area (Å²) in [4.78, 5) is 4.23. The average Bonchev–Trinajstić information content (AvgIpc) is 3.07. The maximum atomic E-state index is 12.5. The zero-order chi connectivity index (χ0) is 17.2. The topological polar surface area (TPSA) is 59.1 Å². The molecule has 0 spiro atoms. The van der Waals surface area contributed by atoms with Crippen molar-refractivity contribution in [1.82, 2.24) is 9.71 Å². The van der Waals surface area contributed by atoms with Gasteiger partial charge in [-0.3, -0.25) is 4.98 Å². The van der Waals surface area contributed by atoms with Gasteiger partial charge in [0.15, 0.2) is 0 Å². The standard InChI is InChI=1S/C16H12Cl2N2O2S2/c17-13-4-1-5-14(18)16(13)24(21,22)20-9-11-3-2-7-19-15(11)12-6-8-23-10-12/h1-8,10,20H,9H2. The van der Waals surface area contributed by atoms with Crippen molar-refractivity contribution in [1.29, 1.82) is 0 Å². The molecular formula is C16H12Cl2N2O2S2. The Labute approximate surface area is 154 Å². The quantitative estimate of drug-likeness (QED) is 0.683. The molecule has 8 heteroatoms. The van der Waals surface area contributed by atoms with E-state index in [9.17, 15) is 8.42 Å². The van der Waals surface area contributed by atoms with Crippen molar-refractivity contribution in [2.24, 2.45) is 0 Å². The molecule has 0 aliphatic rings. The van der Waals surface area contributed by atoms with Gasteiger partial charge in [-0.2, -0.15) is 11.3 Å². The van der Waals surface area contributed by atoms with Crippen LogP contribution in [0.3, 0.4) is 0 Å². The lowest BCUT2D eigenvalue weighted by Gasteiger charge is -2.11. The lowest BCUT2D eigenvalue weighted by molar-refractivity contribution is 0.581. The predicted molar refractivity (Wildman–Crippen MR) is 98.0 cm³/mol. The first-order chi connectivity index (χ1) is 11.5. The molecule has 24 heavy (non-hydrogen) atoms. The van der Waals surface area contributed by atoms with Gasteiger partial charge in [-0.15, -0.1) is 0 Å². The second-order valence-electron chi connectivity index (χ2n) is 4.90. The number of hydrogen-bond donors (Lipinski definition) is 1. The molecule has 2 aromatic heterocycles. The molecule has 1 N–H and O–H groups in total. The number of rotatable bonds is 5. The summed E-state index contributed by atoms with van der Waals surface area (Å²) < 4.78 is 27.6. The molecule has 0 unspecified atom stereocenters. The Morgan fingerprint density at radius 2 is 1.83 bits per heavy atom. The number of thiophene rings is 1. The van der Waals surface area contributed by atoms with E-state index in [4.69, 9.17) is 23.2 Å². The van der Waals surface area contributed by atoms with Gasteiger partial charge in [0.2, 0.25) is 10.0 Å². The van der Waals surface area contributed by atoms with E-state index in [1.54, 1.807) is 29.7 Å². The zero-order valence-corrected chi connectivity index (χ0v) is 15.4. The lowest BCUT2D eigenvalue weighted by Crippen LogP contribution is -2.24. The van der Waals surface area contributed by atoms with E-state index in [2.05, 4.69) is 9.71 Å². The summed E-state index contributed by atoms with van der Waals surface area (Å²) in [7, 11) is -3.84.